The van der Waals surface area contributed by atoms with E-state index >= 15 is 0 Å². The van der Waals surface area contributed by atoms with Crippen LogP contribution in [0.25, 0.3) is 33.5 Å². The first-order chi connectivity index (χ1) is 21.3. The third kappa shape index (κ3) is 5.92. The van der Waals surface area contributed by atoms with Crippen molar-refractivity contribution in [2.45, 2.75) is 0 Å². The number of furan rings is 1. The van der Waals surface area contributed by atoms with E-state index in [1.807, 2.05) is 0 Å². The molecular formula is C32H21BrClFN4O5. The van der Waals surface area contributed by atoms with Crippen LogP contribution in [0, 0.1) is 5.82 Å². The Bertz CT molecular complexity index is 2150. The number of fused-ring (bicyclic) bond motifs is 2. The number of methoxy groups -OCH3 is 1. The predicted molar refractivity (Wildman–Crippen MR) is 170 cm³/mol. The average molecular weight is 676 g/mol. The number of halogens is 3. The molecule has 4 aromatic carbocycles. The van der Waals surface area contributed by atoms with Gasteiger partial charge in [0.2, 0.25) is 5.82 Å². The topological polar surface area (TPSA) is 108 Å². The van der Waals surface area contributed by atoms with Gasteiger partial charge in [-0.25, -0.2) is 9.37 Å². The van der Waals surface area contributed by atoms with Gasteiger partial charge in [-0.3, -0.25) is 9.59 Å². The van der Waals surface area contributed by atoms with Crippen LogP contribution in [-0.4, -0.2) is 35.5 Å². The van der Waals surface area contributed by atoms with E-state index in [0.29, 0.717) is 37.3 Å². The Kier molecular flexibility index (Phi) is 8.14. The number of anilines is 1. The second-order valence-electron chi connectivity index (χ2n) is 9.46. The summed E-state index contributed by atoms with van der Waals surface area (Å²) in [5.41, 5.74) is 1.26. The number of para-hydroxylation sites is 2. The molecule has 0 fully saturated rings. The van der Waals surface area contributed by atoms with Crippen LogP contribution >= 0.6 is 27.5 Å². The number of ether oxygens (including phenoxy) is 2. The maximum Gasteiger partial charge on any atom is 0.282 e. The number of nitrogens with zero attached hydrogens (tertiary/aromatic N) is 3. The maximum absolute atomic E-state index is 13.9. The van der Waals surface area contributed by atoms with Gasteiger partial charge >= 0.3 is 0 Å². The number of nitrogens with one attached hydrogen (secondary N) is 1. The molecule has 0 unspecified atom stereocenters. The van der Waals surface area contributed by atoms with Crippen molar-refractivity contribution < 1.29 is 23.1 Å². The first kappa shape index (κ1) is 29.1. The van der Waals surface area contributed by atoms with E-state index in [2.05, 4.69) is 31.3 Å². The zero-order chi connectivity index (χ0) is 30.8. The fourth-order valence-corrected chi connectivity index (χ4v) is 5.23. The minimum Gasteiger partial charge on any atom is -0.493 e. The molecule has 0 bridgehead atoms. The van der Waals surface area contributed by atoms with Crippen LogP contribution < -0.4 is 20.3 Å². The van der Waals surface area contributed by atoms with Crippen molar-refractivity contribution in [2.75, 3.05) is 19.0 Å². The van der Waals surface area contributed by atoms with E-state index in [4.69, 9.17) is 25.5 Å². The zero-order valence-electron chi connectivity index (χ0n) is 22.9. The lowest BCUT2D eigenvalue weighted by molar-refractivity contribution is -0.118. The molecule has 1 N–H and O–H groups in total. The average Bonchev–Trinajstić information content (AvgIpc) is 3.44. The molecule has 9 nitrogen and oxygen atoms in total. The third-order valence-corrected chi connectivity index (χ3v) is 7.35. The van der Waals surface area contributed by atoms with Crippen LogP contribution in [0.4, 0.5) is 10.1 Å². The lowest BCUT2D eigenvalue weighted by Crippen LogP contribution is -2.21. The highest BCUT2D eigenvalue weighted by atomic mass is 79.9. The van der Waals surface area contributed by atoms with Gasteiger partial charge in [-0.2, -0.15) is 9.78 Å². The van der Waals surface area contributed by atoms with Gasteiger partial charge in [-0.05, 0) is 82.2 Å². The summed E-state index contributed by atoms with van der Waals surface area (Å²) in [7, 11) is 1.44. The van der Waals surface area contributed by atoms with Crippen LogP contribution in [0.3, 0.4) is 0 Å². The maximum atomic E-state index is 13.9. The molecule has 6 rings (SSSR count). The van der Waals surface area contributed by atoms with Crippen LogP contribution in [0.2, 0.25) is 5.02 Å². The van der Waals surface area contributed by atoms with Crippen LogP contribution in [-0.2, 0) is 4.79 Å². The summed E-state index contributed by atoms with van der Waals surface area (Å²) in [5, 5.41) is 8.62. The summed E-state index contributed by atoms with van der Waals surface area (Å²) in [4.78, 5) is 30.7. The molecule has 0 aliphatic rings. The van der Waals surface area contributed by atoms with E-state index in [9.17, 15) is 14.0 Å². The highest BCUT2D eigenvalue weighted by Crippen LogP contribution is 2.36. The quantitative estimate of drug-likeness (QED) is 0.170. The minimum atomic E-state index is -0.558. The molecule has 0 spiro atoms. The van der Waals surface area contributed by atoms with Crippen LogP contribution in [0.15, 0.2) is 104 Å². The SMILES string of the molecule is COc1cc(C=Nn2c(-c3cc4cc(Cl)ccc4o3)nc3ccccc3c2=O)cc(Br)c1OCC(=O)Nc1ccccc1F. The first-order valence-electron chi connectivity index (χ1n) is 13.1. The summed E-state index contributed by atoms with van der Waals surface area (Å²) >= 11 is 9.61. The van der Waals surface area contributed by atoms with Crippen molar-refractivity contribution in [3.63, 3.8) is 0 Å². The Morgan fingerprint density at radius 3 is 2.73 bits per heavy atom. The number of hydrogen-bond acceptors (Lipinski definition) is 7. The number of benzene rings is 4. The van der Waals surface area contributed by atoms with E-state index in [0.717, 1.165) is 5.39 Å². The molecule has 0 aliphatic heterocycles. The molecule has 0 aliphatic carbocycles. The summed E-state index contributed by atoms with van der Waals surface area (Å²) in [6.45, 7) is -0.402. The van der Waals surface area contributed by atoms with Crippen LogP contribution in [0.5, 0.6) is 11.5 Å². The normalized spacial score (nSPS) is 11.4. The van der Waals surface area contributed by atoms with E-state index in [1.165, 1.54) is 36.2 Å². The summed E-state index contributed by atoms with van der Waals surface area (Å²) in [6, 6.07) is 23.0. The molecule has 220 valence electrons. The molecule has 2 heterocycles. The molecule has 0 atom stereocenters. The highest BCUT2D eigenvalue weighted by Gasteiger charge is 2.18. The van der Waals surface area contributed by atoms with Crippen molar-refractivity contribution in [1.82, 2.24) is 9.66 Å². The molecule has 0 saturated heterocycles. The van der Waals surface area contributed by atoms with Gasteiger partial charge in [-0.15, -0.1) is 0 Å². The lowest BCUT2D eigenvalue weighted by atomic mass is 10.2. The Labute approximate surface area is 262 Å². The highest BCUT2D eigenvalue weighted by molar-refractivity contribution is 9.10. The van der Waals surface area contributed by atoms with E-state index in [-0.39, 0.29) is 23.0 Å². The van der Waals surface area contributed by atoms with E-state index in [1.54, 1.807) is 66.7 Å². The van der Waals surface area contributed by atoms with Crippen molar-refractivity contribution in [1.29, 1.82) is 0 Å². The van der Waals surface area contributed by atoms with Gasteiger partial charge in [0.15, 0.2) is 23.9 Å². The van der Waals surface area contributed by atoms with Gasteiger partial charge in [0.05, 0.1) is 34.4 Å². The van der Waals surface area contributed by atoms with Crippen LogP contribution in [0.1, 0.15) is 5.56 Å². The fraction of sp³-hybridized carbons (Fsp3) is 0.0625. The standard InChI is InChI=1S/C32H21BrClFN4O5/c1-42-27-13-18(12-22(33)30(27)43-17-29(40)37-25-9-5-3-7-23(25)35)16-36-39-31(38-24-8-4-2-6-21(24)32(39)41)28-15-19-14-20(34)10-11-26(19)44-28/h2-16H,17H2,1H3,(H,37,40). The number of carbonyl (C=O) groups excluding carboxylic acids is 1. The smallest absolute Gasteiger partial charge is 0.282 e. The van der Waals surface area contributed by atoms with Gasteiger partial charge < -0.3 is 19.2 Å². The minimum absolute atomic E-state index is 0.0444. The zero-order valence-corrected chi connectivity index (χ0v) is 25.2. The largest absolute Gasteiger partial charge is 0.493 e. The fourth-order valence-electron chi connectivity index (χ4n) is 4.48. The molecule has 0 radical (unpaired) electrons. The molecular weight excluding hydrogens is 655 g/mol. The molecule has 6 aromatic rings. The molecule has 44 heavy (non-hydrogen) atoms. The molecule has 1 amide bonds. The Morgan fingerprint density at radius 1 is 1.11 bits per heavy atom. The van der Waals surface area contributed by atoms with Gasteiger partial charge in [0.25, 0.3) is 11.5 Å². The van der Waals surface area contributed by atoms with Gasteiger partial charge in [0.1, 0.15) is 11.4 Å². The molecule has 12 heteroatoms. The molecule has 0 saturated carbocycles. The second-order valence-corrected chi connectivity index (χ2v) is 10.7. The van der Waals surface area contributed by atoms with Gasteiger partial charge in [0, 0.05) is 10.4 Å². The Hall–Kier alpha value is -5.00. The summed E-state index contributed by atoms with van der Waals surface area (Å²) < 4.78 is 32.7. The number of amides is 1. The monoisotopic (exact) mass is 674 g/mol. The van der Waals surface area contributed by atoms with Crippen molar-refractivity contribution in [2.24, 2.45) is 5.10 Å². The van der Waals surface area contributed by atoms with Gasteiger partial charge in [-0.1, -0.05) is 35.9 Å². The Balaban J connectivity index is 1.32. The number of rotatable bonds is 8. The summed E-state index contributed by atoms with van der Waals surface area (Å²) in [5.74, 6) is -0.0462. The third-order valence-electron chi connectivity index (χ3n) is 6.52. The molecule has 2 aromatic heterocycles. The summed E-state index contributed by atoms with van der Waals surface area (Å²) in [6.07, 6.45) is 1.46. The number of carbonyl (C=O) groups is 1. The van der Waals surface area contributed by atoms with Crippen molar-refractivity contribution in [3.8, 4) is 23.1 Å². The lowest BCUT2D eigenvalue weighted by Gasteiger charge is -2.14. The number of hydrogen-bond donors (Lipinski definition) is 1. The first-order valence-corrected chi connectivity index (χ1v) is 14.3. The second kappa shape index (κ2) is 12.3. The predicted octanol–water partition coefficient (Wildman–Crippen LogP) is 7.27. The Morgan fingerprint density at radius 2 is 1.91 bits per heavy atom. The number of aromatic nitrogens is 2. The van der Waals surface area contributed by atoms with E-state index < -0.39 is 23.9 Å². The van der Waals surface area contributed by atoms with Crippen molar-refractivity contribution in [3.05, 3.63) is 116 Å². The van der Waals surface area contributed by atoms with Crippen molar-refractivity contribution >= 4 is 67.2 Å².